The molecule has 0 saturated carbocycles. The summed E-state index contributed by atoms with van der Waals surface area (Å²) >= 11 is 0. The van der Waals surface area contributed by atoms with E-state index in [4.69, 9.17) is 4.74 Å². The standard InChI is InChI=1S/C20H27NO3/c1-4-20(5-2,13-14-22)21-19(23)15(3)24-18-12-8-10-16-9-6-7-11-17(16)18/h6-12,15,22H,4-5,13-14H2,1-3H3,(H,21,23)/t15-/m0/s1. The summed E-state index contributed by atoms with van der Waals surface area (Å²) in [5.74, 6) is 0.552. The molecule has 4 nitrogen and oxygen atoms in total. The third kappa shape index (κ3) is 4.06. The Labute approximate surface area is 143 Å². The highest BCUT2D eigenvalue weighted by Crippen LogP contribution is 2.26. The number of benzene rings is 2. The van der Waals surface area contributed by atoms with Crippen molar-refractivity contribution in [1.29, 1.82) is 0 Å². The quantitative estimate of drug-likeness (QED) is 0.777. The van der Waals surface area contributed by atoms with E-state index in [0.29, 0.717) is 12.2 Å². The van der Waals surface area contributed by atoms with Gasteiger partial charge in [0, 0.05) is 17.5 Å². The molecule has 0 bridgehead atoms. The lowest BCUT2D eigenvalue weighted by Gasteiger charge is -2.33. The van der Waals surface area contributed by atoms with Crippen LogP contribution in [0, 0.1) is 0 Å². The molecule has 0 aliphatic rings. The summed E-state index contributed by atoms with van der Waals surface area (Å²) < 4.78 is 5.93. The minimum atomic E-state index is -0.605. The highest BCUT2D eigenvalue weighted by molar-refractivity contribution is 5.89. The van der Waals surface area contributed by atoms with Crippen LogP contribution in [-0.2, 0) is 4.79 Å². The van der Waals surface area contributed by atoms with Crippen molar-refractivity contribution < 1.29 is 14.6 Å². The maximum atomic E-state index is 12.6. The van der Waals surface area contributed by atoms with E-state index in [1.807, 2.05) is 56.3 Å². The summed E-state index contributed by atoms with van der Waals surface area (Å²) in [5.41, 5.74) is -0.373. The molecule has 2 rings (SSSR count). The maximum absolute atomic E-state index is 12.6. The van der Waals surface area contributed by atoms with Crippen LogP contribution in [0.5, 0.6) is 5.75 Å². The molecule has 0 spiro atoms. The van der Waals surface area contributed by atoms with Crippen LogP contribution in [0.1, 0.15) is 40.0 Å². The minimum absolute atomic E-state index is 0.0561. The van der Waals surface area contributed by atoms with Crippen molar-refractivity contribution in [2.45, 2.75) is 51.7 Å². The van der Waals surface area contributed by atoms with Crippen LogP contribution in [0.15, 0.2) is 42.5 Å². The Kier molecular flexibility index (Phi) is 6.21. The van der Waals surface area contributed by atoms with E-state index in [9.17, 15) is 9.90 Å². The lowest BCUT2D eigenvalue weighted by atomic mass is 9.89. The highest BCUT2D eigenvalue weighted by Gasteiger charge is 2.30. The van der Waals surface area contributed by atoms with E-state index < -0.39 is 6.10 Å². The Morgan fingerprint density at radius 1 is 1.17 bits per heavy atom. The summed E-state index contributed by atoms with van der Waals surface area (Å²) in [6.45, 7) is 5.86. The van der Waals surface area contributed by atoms with Crippen LogP contribution in [0.3, 0.4) is 0 Å². The summed E-state index contributed by atoms with van der Waals surface area (Å²) in [6.07, 6.45) is 1.49. The molecule has 2 N–H and O–H groups in total. The minimum Gasteiger partial charge on any atom is -0.480 e. The van der Waals surface area contributed by atoms with Crippen molar-refractivity contribution in [3.05, 3.63) is 42.5 Å². The average molecular weight is 329 g/mol. The number of hydrogen-bond acceptors (Lipinski definition) is 3. The summed E-state index contributed by atoms with van der Waals surface area (Å²) in [4.78, 5) is 12.6. The van der Waals surface area contributed by atoms with Gasteiger partial charge in [0.2, 0.25) is 0 Å². The van der Waals surface area contributed by atoms with E-state index in [0.717, 1.165) is 23.6 Å². The SMILES string of the molecule is CCC(CC)(CCO)NC(=O)[C@H](C)Oc1cccc2ccccc12. The van der Waals surface area contributed by atoms with Gasteiger partial charge >= 0.3 is 0 Å². The van der Waals surface area contributed by atoms with E-state index in [1.165, 1.54) is 0 Å². The van der Waals surface area contributed by atoms with Crippen LogP contribution >= 0.6 is 0 Å². The second-order valence-electron chi connectivity index (χ2n) is 6.19. The summed E-state index contributed by atoms with van der Waals surface area (Å²) in [5, 5.41) is 14.4. The molecule has 24 heavy (non-hydrogen) atoms. The van der Waals surface area contributed by atoms with Crippen molar-refractivity contribution in [1.82, 2.24) is 5.32 Å². The van der Waals surface area contributed by atoms with Crippen LogP contribution in [0.4, 0.5) is 0 Å². The molecule has 0 aliphatic heterocycles. The molecule has 0 aromatic heterocycles. The first kappa shape index (κ1) is 18.3. The van der Waals surface area contributed by atoms with Crippen molar-refractivity contribution >= 4 is 16.7 Å². The number of carbonyl (C=O) groups is 1. The van der Waals surface area contributed by atoms with Gasteiger partial charge in [-0.05, 0) is 37.6 Å². The van der Waals surface area contributed by atoms with Crippen molar-refractivity contribution in [3.63, 3.8) is 0 Å². The van der Waals surface area contributed by atoms with Crippen LogP contribution < -0.4 is 10.1 Å². The molecule has 0 heterocycles. The Morgan fingerprint density at radius 2 is 1.83 bits per heavy atom. The lowest BCUT2D eigenvalue weighted by molar-refractivity contribution is -0.129. The molecule has 1 amide bonds. The molecule has 0 unspecified atom stereocenters. The molecule has 4 heteroatoms. The second kappa shape index (κ2) is 8.15. The molecule has 0 saturated heterocycles. The molecular formula is C20H27NO3. The number of nitrogens with one attached hydrogen (secondary N) is 1. The lowest BCUT2D eigenvalue weighted by Crippen LogP contribution is -2.52. The number of aliphatic hydroxyl groups is 1. The molecule has 1 atom stereocenters. The number of fused-ring (bicyclic) bond motifs is 1. The van der Waals surface area contributed by atoms with E-state index in [1.54, 1.807) is 6.92 Å². The average Bonchev–Trinajstić information content (AvgIpc) is 2.61. The monoisotopic (exact) mass is 329 g/mol. The summed E-state index contributed by atoms with van der Waals surface area (Å²) in [6, 6.07) is 13.8. The zero-order valence-corrected chi connectivity index (χ0v) is 14.7. The van der Waals surface area contributed by atoms with E-state index >= 15 is 0 Å². The van der Waals surface area contributed by atoms with Gasteiger partial charge in [-0.25, -0.2) is 0 Å². The fourth-order valence-corrected chi connectivity index (χ4v) is 2.96. The molecular weight excluding hydrogens is 302 g/mol. The van der Waals surface area contributed by atoms with Gasteiger partial charge in [-0.3, -0.25) is 4.79 Å². The second-order valence-corrected chi connectivity index (χ2v) is 6.19. The highest BCUT2D eigenvalue weighted by atomic mass is 16.5. The third-order valence-electron chi connectivity index (χ3n) is 4.75. The van der Waals surface area contributed by atoms with Crippen molar-refractivity contribution in [2.24, 2.45) is 0 Å². The van der Waals surface area contributed by atoms with Gasteiger partial charge in [0.25, 0.3) is 5.91 Å². The smallest absolute Gasteiger partial charge is 0.261 e. The fraction of sp³-hybridized carbons (Fsp3) is 0.450. The van der Waals surface area contributed by atoms with Gasteiger partial charge in [-0.15, -0.1) is 0 Å². The number of carbonyl (C=O) groups excluding carboxylic acids is 1. The number of amides is 1. The molecule has 0 fully saturated rings. The number of rotatable bonds is 8. The van der Waals surface area contributed by atoms with Gasteiger partial charge in [-0.2, -0.15) is 0 Å². The molecule has 0 aliphatic carbocycles. The van der Waals surface area contributed by atoms with Gasteiger partial charge in [-0.1, -0.05) is 50.2 Å². The topological polar surface area (TPSA) is 58.6 Å². The predicted molar refractivity (Wildman–Crippen MR) is 97.2 cm³/mol. The van der Waals surface area contributed by atoms with Crippen molar-refractivity contribution in [3.8, 4) is 5.75 Å². The summed E-state index contributed by atoms with van der Waals surface area (Å²) in [7, 11) is 0. The molecule has 2 aromatic rings. The number of hydrogen-bond donors (Lipinski definition) is 2. The Balaban J connectivity index is 2.13. The van der Waals surface area contributed by atoms with Gasteiger partial charge in [0.15, 0.2) is 6.10 Å². The Morgan fingerprint density at radius 3 is 2.50 bits per heavy atom. The van der Waals surface area contributed by atoms with Gasteiger partial charge in [0.05, 0.1) is 0 Å². The Hall–Kier alpha value is -2.07. The van der Waals surface area contributed by atoms with Gasteiger partial charge in [0.1, 0.15) is 5.75 Å². The zero-order valence-electron chi connectivity index (χ0n) is 14.7. The third-order valence-corrected chi connectivity index (χ3v) is 4.75. The predicted octanol–water partition coefficient (Wildman–Crippen LogP) is 3.66. The fourth-order valence-electron chi connectivity index (χ4n) is 2.96. The van der Waals surface area contributed by atoms with Crippen LogP contribution in [0.2, 0.25) is 0 Å². The van der Waals surface area contributed by atoms with E-state index in [2.05, 4.69) is 5.32 Å². The molecule has 0 radical (unpaired) electrons. The zero-order chi connectivity index (χ0) is 17.6. The van der Waals surface area contributed by atoms with Crippen LogP contribution in [-0.4, -0.2) is 29.3 Å². The first-order chi connectivity index (χ1) is 11.5. The molecule has 130 valence electrons. The number of aliphatic hydroxyl groups excluding tert-OH is 1. The van der Waals surface area contributed by atoms with Gasteiger partial charge < -0.3 is 15.2 Å². The largest absolute Gasteiger partial charge is 0.480 e. The number of ether oxygens (including phenoxy) is 1. The van der Waals surface area contributed by atoms with E-state index in [-0.39, 0.29) is 18.1 Å². The Bertz CT molecular complexity index is 674. The molecule has 2 aromatic carbocycles. The van der Waals surface area contributed by atoms with Crippen LogP contribution in [0.25, 0.3) is 10.8 Å². The normalized spacial score (nSPS) is 12.8. The maximum Gasteiger partial charge on any atom is 0.261 e. The first-order valence-electron chi connectivity index (χ1n) is 8.62. The van der Waals surface area contributed by atoms with Crippen molar-refractivity contribution in [2.75, 3.05) is 6.61 Å². The first-order valence-corrected chi connectivity index (χ1v) is 8.62.